The molecule has 0 saturated heterocycles. The molecule has 0 N–H and O–H groups in total. The summed E-state index contributed by atoms with van der Waals surface area (Å²) in [4.78, 5) is 0. The molecule has 0 bridgehead atoms. The third kappa shape index (κ3) is 1.97. The Morgan fingerprint density at radius 2 is 2.10 bits per heavy atom. The molecule has 0 aromatic rings. The van der Waals surface area contributed by atoms with Crippen molar-refractivity contribution in [1.82, 2.24) is 0 Å². The summed E-state index contributed by atoms with van der Waals surface area (Å²) in [6.07, 6.45) is 3.42. The van der Waals surface area contributed by atoms with Crippen molar-refractivity contribution in [2.45, 2.75) is 26.2 Å². The minimum atomic E-state index is -2.80. The molecular formula is C7H13O2S. The van der Waals surface area contributed by atoms with Gasteiger partial charge in [0.1, 0.15) is 0 Å². The molecule has 0 aromatic carbocycles. The van der Waals surface area contributed by atoms with E-state index in [4.69, 9.17) is 0 Å². The van der Waals surface area contributed by atoms with Gasteiger partial charge in [-0.25, -0.2) is 8.42 Å². The highest BCUT2D eigenvalue weighted by Gasteiger charge is 2.23. The van der Waals surface area contributed by atoms with Gasteiger partial charge in [-0.1, -0.05) is 6.42 Å². The fourth-order valence-corrected chi connectivity index (χ4v) is 2.27. The smallest absolute Gasteiger partial charge is 0.154 e. The highest BCUT2D eigenvalue weighted by molar-refractivity contribution is 7.93. The number of hydrogen-bond donors (Lipinski definition) is 0. The minimum absolute atomic E-state index is 0.378. The molecule has 59 valence electrons. The number of rotatable bonds is 3. The average Bonchev–Trinajstić information content (AvgIpc) is 1.80. The molecule has 3 heteroatoms. The highest BCUT2D eigenvalue weighted by Crippen LogP contribution is 2.27. The Balaban J connectivity index is 2.36. The second-order valence-electron chi connectivity index (χ2n) is 2.86. The van der Waals surface area contributed by atoms with Crippen LogP contribution in [0.4, 0.5) is 0 Å². The van der Waals surface area contributed by atoms with Gasteiger partial charge in [-0.05, 0) is 25.7 Å². The largest absolute Gasteiger partial charge is 0.229 e. The van der Waals surface area contributed by atoms with Crippen molar-refractivity contribution in [3.05, 3.63) is 5.75 Å². The first-order valence-corrected chi connectivity index (χ1v) is 5.38. The van der Waals surface area contributed by atoms with Gasteiger partial charge >= 0.3 is 0 Å². The van der Waals surface area contributed by atoms with Crippen LogP contribution >= 0.6 is 0 Å². The Bertz CT molecular complexity index is 190. The van der Waals surface area contributed by atoms with E-state index in [-0.39, 0.29) is 0 Å². The summed E-state index contributed by atoms with van der Waals surface area (Å²) in [6, 6.07) is 0. The van der Waals surface area contributed by atoms with E-state index in [0.29, 0.717) is 11.7 Å². The van der Waals surface area contributed by atoms with Gasteiger partial charge < -0.3 is 0 Å². The van der Waals surface area contributed by atoms with Crippen LogP contribution in [0.15, 0.2) is 0 Å². The first-order valence-electron chi connectivity index (χ1n) is 3.66. The van der Waals surface area contributed by atoms with Crippen LogP contribution < -0.4 is 0 Å². The molecule has 10 heavy (non-hydrogen) atoms. The normalized spacial score (nSPS) is 20.5. The van der Waals surface area contributed by atoms with Gasteiger partial charge in [-0.3, -0.25) is 0 Å². The van der Waals surface area contributed by atoms with Crippen LogP contribution in [0.2, 0.25) is 0 Å². The maximum atomic E-state index is 10.9. The summed E-state index contributed by atoms with van der Waals surface area (Å²) in [5, 5.41) is 0. The quantitative estimate of drug-likeness (QED) is 0.626. The van der Waals surface area contributed by atoms with Crippen LogP contribution in [0.25, 0.3) is 0 Å². The number of hydrogen-bond acceptors (Lipinski definition) is 2. The molecule has 1 saturated carbocycles. The molecule has 0 aromatic heterocycles. The molecule has 1 aliphatic rings. The lowest BCUT2D eigenvalue weighted by atomic mass is 9.87. The van der Waals surface area contributed by atoms with Crippen molar-refractivity contribution >= 4 is 9.84 Å². The van der Waals surface area contributed by atoms with Crippen molar-refractivity contribution in [3.63, 3.8) is 0 Å². The monoisotopic (exact) mass is 161 g/mol. The predicted molar refractivity (Wildman–Crippen MR) is 41.1 cm³/mol. The fourth-order valence-electron chi connectivity index (χ4n) is 1.08. The van der Waals surface area contributed by atoms with E-state index in [1.165, 1.54) is 12.2 Å². The molecular weight excluding hydrogens is 148 g/mol. The summed E-state index contributed by atoms with van der Waals surface area (Å²) in [5.41, 5.74) is 0. The van der Waals surface area contributed by atoms with Crippen LogP contribution in [-0.2, 0) is 9.84 Å². The van der Waals surface area contributed by atoms with Gasteiger partial charge in [0, 0.05) is 0 Å². The zero-order chi connectivity index (χ0) is 7.61. The molecule has 1 radical (unpaired) electrons. The van der Waals surface area contributed by atoms with E-state index < -0.39 is 9.84 Å². The van der Waals surface area contributed by atoms with Crippen LogP contribution in [0.3, 0.4) is 0 Å². The lowest BCUT2D eigenvalue weighted by Gasteiger charge is -2.24. The van der Waals surface area contributed by atoms with Gasteiger partial charge in [0.05, 0.1) is 11.5 Å². The van der Waals surface area contributed by atoms with Crippen molar-refractivity contribution in [1.29, 1.82) is 0 Å². The standard InChI is InChI=1S/C7H13O2S/c1-2-10(8,9)6-7-4-3-5-7/h2,7H,3-6H2,1H3. The lowest BCUT2D eigenvalue weighted by molar-refractivity contribution is 0.347. The SMILES string of the molecule is C[CH]S(=O)(=O)CC1CCC1. The van der Waals surface area contributed by atoms with E-state index in [2.05, 4.69) is 0 Å². The third-order valence-corrected chi connectivity index (χ3v) is 3.71. The zero-order valence-corrected chi connectivity index (χ0v) is 7.02. The first-order chi connectivity index (χ1) is 4.64. The molecule has 0 heterocycles. The molecule has 0 atom stereocenters. The van der Waals surface area contributed by atoms with E-state index in [1.807, 2.05) is 0 Å². The van der Waals surface area contributed by atoms with Crippen molar-refractivity contribution in [3.8, 4) is 0 Å². The molecule has 1 aliphatic carbocycles. The maximum Gasteiger partial charge on any atom is 0.154 e. The molecule has 0 spiro atoms. The average molecular weight is 161 g/mol. The molecule has 0 aliphatic heterocycles. The Morgan fingerprint density at radius 3 is 2.40 bits per heavy atom. The Kier molecular flexibility index (Phi) is 2.34. The third-order valence-electron chi connectivity index (χ3n) is 2.05. The van der Waals surface area contributed by atoms with Crippen molar-refractivity contribution in [2.24, 2.45) is 5.92 Å². The van der Waals surface area contributed by atoms with Gasteiger partial charge in [0.25, 0.3) is 0 Å². The Hall–Kier alpha value is -0.0500. The van der Waals surface area contributed by atoms with Crippen LogP contribution in [0.1, 0.15) is 26.2 Å². The summed E-state index contributed by atoms with van der Waals surface area (Å²) < 4.78 is 21.9. The Labute approximate surface area is 62.5 Å². The predicted octanol–water partition coefficient (Wildman–Crippen LogP) is 1.38. The summed E-state index contributed by atoms with van der Waals surface area (Å²) in [5.74, 6) is 2.15. The minimum Gasteiger partial charge on any atom is -0.229 e. The lowest BCUT2D eigenvalue weighted by Crippen LogP contribution is -2.21. The van der Waals surface area contributed by atoms with Gasteiger partial charge in [0.15, 0.2) is 9.84 Å². The van der Waals surface area contributed by atoms with Gasteiger partial charge in [-0.2, -0.15) is 0 Å². The van der Waals surface area contributed by atoms with E-state index in [0.717, 1.165) is 12.8 Å². The summed E-state index contributed by atoms with van der Waals surface area (Å²) in [7, 11) is -2.80. The number of sulfone groups is 1. The first kappa shape index (κ1) is 8.05. The molecule has 1 rings (SSSR count). The topological polar surface area (TPSA) is 34.1 Å². The van der Waals surface area contributed by atoms with Gasteiger partial charge in [-0.15, -0.1) is 0 Å². The van der Waals surface area contributed by atoms with E-state index >= 15 is 0 Å². The van der Waals surface area contributed by atoms with Crippen LogP contribution in [0, 0.1) is 11.7 Å². The molecule has 0 amide bonds. The highest BCUT2D eigenvalue weighted by atomic mass is 32.2. The second kappa shape index (κ2) is 2.91. The van der Waals surface area contributed by atoms with E-state index in [1.54, 1.807) is 6.92 Å². The van der Waals surface area contributed by atoms with Crippen LogP contribution in [0.5, 0.6) is 0 Å². The molecule has 0 unspecified atom stereocenters. The summed E-state index contributed by atoms with van der Waals surface area (Å²) in [6.45, 7) is 1.59. The molecule has 1 fully saturated rings. The zero-order valence-electron chi connectivity index (χ0n) is 6.21. The fraction of sp³-hybridized carbons (Fsp3) is 0.857. The van der Waals surface area contributed by atoms with Crippen LogP contribution in [-0.4, -0.2) is 14.2 Å². The second-order valence-corrected chi connectivity index (χ2v) is 4.99. The van der Waals surface area contributed by atoms with Crippen molar-refractivity contribution in [2.75, 3.05) is 5.75 Å². The maximum absolute atomic E-state index is 10.9. The van der Waals surface area contributed by atoms with Crippen molar-refractivity contribution < 1.29 is 8.42 Å². The van der Waals surface area contributed by atoms with E-state index in [9.17, 15) is 8.42 Å². The van der Waals surface area contributed by atoms with Gasteiger partial charge in [0.2, 0.25) is 0 Å². The summed E-state index contributed by atoms with van der Waals surface area (Å²) >= 11 is 0. The molecule has 2 nitrogen and oxygen atoms in total. The Morgan fingerprint density at radius 1 is 1.50 bits per heavy atom.